The van der Waals surface area contributed by atoms with Crippen molar-refractivity contribution in [1.82, 2.24) is 4.90 Å². The molecule has 3 atom stereocenters. The fourth-order valence-electron chi connectivity index (χ4n) is 5.92. The number of aliphatic hydroxyl groups excluding tert-OH is 1. The number of nitrogens with zero attached hydrogens (tertiary/aromatic N) is 1. The number of fused-ring (bicyclic) bond motifs is 2. The molecular weight excluding hydrogens is 362 g/mol. The summed E-state index contributed by atoms with van der Waals surface area (Å²) in [4.78, 5) is 16.0. The second kappa shape index (κ2) is 6.88. The van der Waals surface area contributed by atoms with Crippen molar-refractivity contribution in [2.24, 2.45) is 5.41 Å². The molecule has 2 aliphatic heterocycles. The molecule has 0 unspecified atom stereocenters. The van der Waals surface area contributed by atoms with Gasteiger partial charge in [-0.2, -0.15) is 0 Å². The molecule has 2 aromatic carbocycles. The summed E-state index contributed by atoms with van der Waals surface area (Å²) >= 11 is 0. The van der Waals surface area contributed by atoms with E-state index in [2.05, 4.69) is 29.2 Å². The fourth-order valence-corrected chi connectivity index (χ4v) is 5.92. The third-order valence-corrected chi connectivity index (χ3v) is 7.60. The molecule has 1 aliphatic carbocycles. The highest BCUT2D eigenvalue weighted by atomic mass is 16.5. The Morgan fingerprint density at radius 3 is 2.45 bits per heavy atom. The van der Waals surface area contributed by atoms with Crippen molar-refractivity contribution in [1.29, 1.82) is 0 Å². The number of carbonyl (C=O) groups is 1. The Labute approximate surface area is 172 Å². The van der Waals surface area contributed by atoms with Crippen LogP contribution >= 0.6 is 0 Å². The van der Waals surface area contributed by atoms with E-state index in [1.807, 2.05) is 30.3 Å². The minimum atomic E-state index is -0.370. The number of amides is 1. The summed E-state index contributed by atoms with van der Waals surface area (Å²) in [7, 11) is 1.66. The van der Waals surface area contributed by atoms with Crippen LogP contribution in [0.1, 0.15) is 43.2 Å². The summed E-state index contributed by atoms with van der Waals surface area (Å²) in [6.07, 6.45) is 5.64. The average molecular weight is 392 g/mol. The first-order chi connectivity index (χ1) is 14.1. The molecular formula is C25H29NO3. The van der Waals surface area contributed by atoms with Gasteiger partial charge in [-0.25, -0.2) is 0 Å². The van der Waals surface area contributed by atoms with Crippen LogP contribution < -0.4 is 4.74 Å². The van der Waals surface area contributed by atoms with Crippen molar-refractivity contribution >= 4 is 5.91 Å². The molecule has 0 spiro atoms. The van der Waals surface area contributed by atoms with Gasteiger partial charge < -0.3 is 14.7 Å². The Morgan fingerprint density at radius 1 is 1.10 bits per heavy atom. The predicted molar refractivity (Wildman–Crippen MR) is 112 cm³/mol. The Balaban J connectivity index is 1.42. The lowest BCUT2D eigenvalue weighted by atomic mass is 9.70. The van der Waals surface area contributed by atoms with Gasteiger partial charge in [-0.3, -0.25) is 4.79 Å². The summed E-state index contributed by atoms with van der Waals surface area (Å²) < 4.78 is 5.28. The van der Waals surface area contributed by atoms with E-state index in [1.54, 1.807) is 7.11 Å². The van der Waals surface area contributed by atoms with Crippen LogP contribution in [0.15, 0.2) is 54.6 Å². The van der Waals surface area contributed by atoms with Gasteiger partial charge >= 0.3 is 0 Å². The lowest BCUT2D eigenvalue weighted by Gasteiger charge is -2.37. The van der Waals surface area contributed by atoms with Crippen LogP contribution in [0.25, 0.3) is 0 Å². The first kappa shape index (κ1) is 18.7. The highest BCUT2D eigenvalue weighted by Crippen LogP contribution is 2.57. The third kappa shape index (κ3) is 2.88. The van der Waals surface area contributed by atoms with Gasteiger partial charge in [0.2, 0.25) is 5.91 Å². The molecule has 152 valence electrons. The van der Waals surface area contributed by atoms with Gasteiger partial charge in [0.1, 0.15) is 5.75 Å². The van der Waals surface area contributed by atoms with Crippen molar-refractivity contribution in [2.75, 3.05) is 13.7 Å². The smallest absolute Gasteiger partial charge is 0.233 e. The summed E-state index contributed by atoms with van der Waals surface area (Å²) in [5, 5.41) is 10.4. The van der Waals surface area contributed by atoms with Gasteiger partial charge in [0, 0.05) is 17.5 Å². The molecule has 4 nitrogen and oxygen atoms in total. The number of carbonyl (C=O) groups excluding carboxylic acids is 1. The highest BCUT2D eigenvalue weighted by Gasteiger charge is 2.62. The molecule has 2 bridgehead atoms. The molecule has 3 aliphatic rings. The Bertz CT molecular complexity index is 890. The average Bonchev–Trinajstić information content (AvgIpc) is 3.40. The van der Waals surface area contributed by atoms with Gasteiger partial charge in [-0.1, -0.05) is 42.5 Å². The molecule has 2 saturated heterocycles. The molecule has 29 heavy (non-hydrogen) atoms. The first-order valence-corrected chi connectivity index (χ1v) is 10.7. The van der Waals surface area contributed by atoms with Gasteiger partial charge in [0.15, 0.2) is 0 Å². The zero-order valence-corrected chi connectivity index (χ0v) is 17.0. The van der Waals surface area contributed by atoms with Crippen LogP contribution in [-0.4, -0.2) is 41.7 Å². The lowest BCUT2D eigenvalue weighted by molar-refractivity contribution is -0.136. The minimum Gasteiger partial charge on any atom is -0.497 e. The molecule has 0 aromatic heterocycles. The number of methoxy groups -OCH3 is 1. The van der Waals surface area contributed by atoms with E-state index in [0.717, 1.165) is 49.8 Å². The minimum absolute atomic E-state index is 0.140. The largest absolute Gasteiger partial charge is 0.497 e. The Hall–Kier alpha value is -2.33. The number of ether oxygens (including phenoxy) is 1. The zero-order valence-electron chi connectivity index (χ0n) is 17.0. The second-order valence-electron chi connectivity index (χ2n) is 9.16. The van der Waals surface area contributed by atoms with Gasteiger partial charge in [0.25, 0.3) is 0 Å². The molecule has 1 N–H and O–H groups in total. The van der Waals surface area contributed by atoms with Crippen LogP contribution in [0, 0.1) is 5.41 Å². The number of rotatable bonds is 6. The Kier molecular flexibility index (Phi) is 4.43. The highest BCUT2D eigenvalue weighted by molar-refractivity contribution is 5.92. The van der Waals surface area contributed by atoms with Crippen molar-refractivity contribution in [3.63, 3.8) is 0 Å². The van der Waals surface area contributed by atoms with Gasteiger partial charge in [-0.15, -0.1) is 0 Å². The van der Waals surface area contributed by atoms with E-state index in [4.69, 9.17) is 4.74 Å². The molecule has 3 fully saturated rings. The maximum atomic E-state index is 13.8. The molecule has 4 heteroatoms. The van der Waals surface area contributed by atoms with Crippen LogP contribution in [-0.2, 0) is 16.6 Å². The monoisotopic (exact) mass is 391 g/mol. The normalized spacial score (nSPS) is 29.1. The van der Waals surface area contributed by atoms with E-state index < -0.39 is 0 Å². The van der Waals surface area contributed by atoms with Crippen LogP contribution in [0.2, 0.25) is 0 Å². The van der Waals surface area contributed by atoms with Gasteiger partial charge in [-0.05, 0) is 61.8 Å². The summed E-state index contributed by atoms with van der Waals surface area (Å²) in [5.41, 5.74) is 1.77. The number of benzene rings is 2. The summed E-state index contributed by atoms with van der Waals surface area (Å²) in [6, 6.07) is 18.8. The van der Waals surface area contributed by atoms with E-state index in [9.17, 15) is 9.90 Å². The fraction of sp³-hybridized carbons (Fsp3) is 0.480. The van der Waals surface area contributed by atoms with Crippen LogP contribution in [0.4, 0.5) is 0 Å². The first-order valence-electron chi connectivity index (χ1n) is 10.7. The third-order valence-electron chi connectivity index (χ3n) is 7.60. The quantitative estimate of drug-likeness (QED) is 0.817. The van der Waals surface area contributed by atoms with E-state index in [-0.39, 0.29) is 35.4 Å². The second-order valence-corrected chi connectivity index (χ2v) is 9.16. The van der Waals surface area contributed by atoms with E-state index in [1.165, 1.54) is 5.56 Å². The maximum absolute atomic E-state index is 13.8. The maximum Gasteiger partial charge on any atom is 0.233 e. The van der Waals surface area contributed by atoms with Crippen molar-refractivity contribution in [2.45, 2.75) is 56.0 Å². The Morgan fingerprint density at radius 2 is 1.83 bits per heavy atom. The van der Waals surface area contributed by atoms with Crippen molar-refractivity contribution in [3.05, 3.63) is 65.7 Å². The number of aliphatic hydroxyl groups is 1. The van der Waals surface area contributed by atoms with Crippen molar-refractivity contribution in [3.8, 4) is 5.75 Å². The summed E-state index contributed by atoms with van der Waals surface area (Å²) in [5.74, 6) is 1.10. The standard InChI is InChI=1S/C25H29NO3/c1-29-21-10-7-19(8-11-21)25(13-14-25)23(28)26-20-9-12-22(26)24(16-20,17-27)15-18-5-3-2-4-6-18/h2-8,10-11,20,22,27H,9,12-17H2,1H3/t20-,22+,24-/m1/s1. The molecule has 2 aromatic rings. The van der Waals surface area contributed by atoms with Crippen LogP contribution in [0.3, 0.4) is 0 Å². The molecule has 5 rings (SSSR count). The number of hydrogen-bond acceptors (Lipinski definition) is 3. The predicted octanol–water partition coefficient (Wildman–Crippen LogP) is 3.71. The lowest BCUT2D eigenvalue weighted by Crippen LogP contribution is -2.47. The molecule has 1 amide bonds. The molecule has 0 radical (unpaired) electrons. The topological polar surface area (TPSA) is 49.8 Å². The molecule has 2 heterocycles. The van der Waals surface area contributed by atoms with Crippen molar-refractivity contribution < 1.29 is 14.6 Å². The summed E-state index contributed by atoms with van der Waals surface area (Å²) in [6.45, 7) is 0.141. The van der Waals surface area contributed by atoms with E-state index in [0.29, 0.717) is 0 Å². The zero-order chi connectivity index (χ0) is 20.1. The van der Waals surface area contributed by atoms with E-state index >= 15 is 0 Å². The SMILES string of the molecule is COc1ccc(C2(C(=O)N3[C@@H]4CC[C@H]3[C@](CO)(Cc3ccccc3)C4)CC2)cc1. The number of hydrogen-bond donors (Lipinski definition) is 1. The van der Waals surface area contributed by atoms with Gasteiger partial charge in [0.05, 0.1) is 19.1 Å². The molecule has 1 saturated carbocycles. The van der Waals surface area contributed by atoms with Crippen LogP contribution in [0.5, 0.6) is 5.75 Å².